The van der Waals surface area contributed by atoms with Crippen LogP contribution in [0.1, 0.15) is 5.56 Å². The molecular weight excluding hydrogens is 302 g/mol. The number of nitriles is 1. The van der Waals surface area contributed by atoms with Crippen molar-refractivity contribution in [3.8, 4) is 6.07 Å². The Morgan fingerprint density at radius 1 is 1.24 bits per heavy atom. The second kappa shape index (κ2) is 4.37. The number of hydrogen-bond acceptors (Lipinski definition) is 3. The van der Waals surface area contributed by atoms with Gasteiger partial charge in [0.2, 0.25) is 0 Å². The van der Waals surface area contributed by atoms with Gasteiger partial charge in [0.15, 0.2) is 0 Å². The van der Waals surface area contributed by atoms with Crippen LogP contribution in [0.4, 0.5) is 13.2 Å². The third-order valence-electron chi connectivity index (χ3n) is 1.76. The van der Waals surface area contributed by atoms with Gasteiger partial charge in [0, 0.05) is 0 Å². The van der Waals surface area contributed by atoms with Crippen molar-refractivity contribution in [1.29, 1.82) is 5.26 Å². The predicted octanol–water partition coefficient (Wildman–Crippen LogP) is 3.16. The largest absolute Gasteiger partial charge is 0.501 e. The summed E-state index contributed by atoms with van der Waals surface area (Å²) in [5, 5.41) is 7.54. The number of rotatable bonds is 1. The lowest BCUT2D eigenvalue weighted by Crippen LogP contribution is -2.23. The summed E-state index contributed by atoms with van der Waals surface area (Å²) in [5.74, 6) is 0. The van der Waals surface area contributed by atoms with Crippen LogP contribution in [0.2, 0.25) is 10.0 Å². The van der Waals surface area contributed by atoms with E-state index < -0.39 is 30.8 Å². The summed E-state index contributed by atoms with van der Waals surface area (Å²) >= 11 is 10.9. The van der Waals surface area contributed by atoms with E-state index in [-0.39, 0.29) is 5.02 Å². The summed E-state index contributed by atoms with van der Waals surface area (Å²) in [5.41, 5.74) is -6.00. The van der Waals surface area contributed by atoms with Gasteiger partial charge in [0.05, 0.1) is 20.5 Å². The van der Waals surface area contributed by atoms with Crippen LogP contribution in [0.25, 0.3) is 0 Å². The van der Waals surface area contributed by atoms with Crippen LogP contribution in [0.3, 0.4) is 0 Å². The number of alkyl halides is 3. The van der Waals surface area contributed by atoms with E-state index in [1.165, 1.54) is 6.07 Å². The van der Waals surface area contributed by atoms with Gasteiger partial charge in [-0.05, 0) is 12.1 Å². The summed E-state index contributed by atoms with van der Waals surface area (Å²) in [4.78, 5) is -1.19. The van der Waals surface area contributed by atoms with Crippen LogP contribution in [-0.4, -0.2) is 13.9 Å². The van der Waals surface area contributed by atoms with E-state index in [1.54, 1.807) is 0 Å². The summed E-state index contributed by atoms with van der Waals surface area (Å²) in [6.07, 6.45) is 0. The number of halogens is 5. The standard InChI is InChI=1S/C8H2Cl2F3NO2S/c9-5-1-2-6(7(10)4(5)3-14)17(15,16)8(11,12)13/h1-2H. The van der Waals surface area contributed by atoms with Gasteiger partial charge in [-0.2, -0.15) is 18.4 Å². The minimum Gasteiger partial charge on any atom is -0.214 e. The topological polar surface area (TPSA) is 57.9 Å². The lowest BCUT2D eigenvalue weighted by molar-refractivity contribution is -0.0435. The molecule has 0 saturated heterocycles. The Kier molecular flexibility index (Phi) is 3.62. The second-order valence-corrected chi connectivity index (χ2v) is 5.49. The van der Waals surface area contributed by atoms with E-state index >= 15 is 0 Å². The van der Waals surface area contributed by atoms with Crippen LogP contribution in [0.5, 0.6) is 0 Å². The first-order valence-electron chi connectivity index (χ1n) is 3.82. The van der Waals surface area contributed by atoms with Crippen LogP contribution in [0.15, 0.2) is 17.0 Å². The normalized spacial score (nSPS) is 12.2. The smallest absolute Gasteiger partial charge is 0.214 e. The zero-order valence-electron chi connectivity index (χ0n) is 7.72. The number of benzene rings is 1. The van der Waals surface area contributed by atoms with Crippen molar-refractivity contribution in [2.75, 3.05) is 0 Å². The molecule has 0 aliphatic heterocycles. The molecule has 1 aromatic rings. The van der Waals surface area contributed by atoms with Gasteiger partial charge in [-0.25, -0.2) is 8.42 Å². The van der Waals surface area contributed by atoms with Crippen molar-refractivity contribution in [1.82, 2.24) is 0 Å². The fourth-order valence-corrected chi connectivity index (χ4v) is 2.56. The lowest BCUT2D eigenvalue weighted by Gasteiger charge is -2.10. The molecule has 0 aliphatic carbocycles. The zero-order chi connectivity index (χ0) is 13.4. The fourth-order valence-electron chi connectivity index (χ4n) is 0.968. The van der Waals surface area contributed by atoms with Crippen molar-refractivity contribution in [3.05, 3.63) is 27.7 Å². The van der Waals surface area contributed by atoms with Gasteiger partial charge >= 0.3 is 5.51 Å². The average molecular weight is 304 g/mol. The Morgan fingerprint density at radius 3 is 2.18 bits per heavy atom. The van der Waals surface area contributed by atoms with Crippen molar-refractivity contribution >= 4 is 33.0 Å². The van der Waals surface area contributed by atoms with E-state index in [0.29, 0.717) is 6.07 Å². The fraction of sp³-hybridized carbons (Fsp3) is 0.125. The zero-order valence-corrected chi connectivity index (χ0v) is 10.0. The van der Waals surface area contributed by atoms with Crippen molar-refractivity contribution in [2.45, 2.75) is 10.4 Å². The Bertz CT molecular complexity index is 604. The van der Waals surface area contributed by atoms with Crippen molar-refractivity contribution in [3.63, 3.8) is 0 Å². The first-order chi connectivity index (χ1) is 7.63. The molecule has 3 nitrogen and oxygen atoms in total. The first kappa shape index (κ1) is 14.1. The van der Waals surface area contributed by atoms with Crippen molar-refractivity contribution in [2.24, 2.45) is 0 Å². The van der Waals surface area contributed by atoms with E-state index in [2.05, 4.69) is 0 Å². The monoisotopic (exact) mass is 303 g/mol. The molecule has 0 spiro atoms. The van der Waals surface area contributed by atoms with Gasteiger partial charge in [-0.3, -0.25) is 0 Å². The van der Waals surface area contributed by atoms with Gasteiger partial charge < -0.3 is 0 Å². The SMILES string of the molecule is N#Cc1c(Cl)ccc(S(=O)(=O)C(F)(F)F)c1Cl. The Hall–Kier alpha value is -0.970. The molecule has 0 unspecified atom stereocenters. The quantitative estimate of drug-likeness (QED) is 0.800. The molecule has 0 radical (unpaired) electrons. The van der Waals surface area contributed by atoms with Gasteiger partial charge in [0.25, 0.3) is 9.84 Å². The van der Waals surface area contributed by atoms with Crippen LogP contribution >= 0.6 is 23.2 Å². The van der Waals surface area contributed by atoms with Crippen molar-refractivity contribution < 1.29 is 21.6 Å². The van der Waals surface area contributed by atoms with Crippen LogP contribution in [-0.2, 0) is 9.84 Å². The highest BCUT2D eigenvalue weighted by molar-refractivity contribution is 7.92. The summed E-state index contributed by atoms with van der Waals surface area (Å²) in [6.45, 7) is 0. The maximum Gasteiger partial charge on any atom is 0.501 e. The minimum atomic E-state index is -5.60. The molecule has 92 valence electrons. The third-order valence-corrected chi connectivity index (χ3v) is 4.11. The molecule has 0 aromatic heterocycles. The van der Waals surface area contributed by atoms with Crippen LogP contribution < -0.4 is 0 Å². The number of hydrogen-bond donors (Lipinski definition) is 0. The molecule has 1 aromatic carbocycles. The predicted molar refractivity (Wildman–Crippen MR) is 54.4 cm³/mol. The van der Waals surface area contributed by atoms with E-state index in [9.17, 15) is 21.6 Å². The minimum absolute atomic E-state index is 0.223. The first-order valence-corrected chi connectivity index (χ1v) is 6.06. The van der Waals surface area contributed by atoms with Crippen LogP contribution in [0, 0.1) is 11.3 Å². The van der Waals surface area contributed by atoms with Gasteiger partial charge in [-0.15, -0.1) is 0 Å². The molecule has 0 heterocycles. The maximum atomic E-state index is 12.3. The Labute approximate surface area is 104 Å². The molecule has 0 aliphatic rings. The molecule has 0 N–H and O–H groups in total. The summed E-state index contributed by atoms with van der Waals surface area (Å²) in [6, 6.07) is 2.90. The highest BCUT2D eigenvalue weighted by Crippen LogP contribution is 2.37. The molecule has 0 amide bonds. The van der Waals surface area contributed by atoms with E-state index in [1.807, 2.05) is 0 Å². The molecule has 0 atom stereocenters. The number of sulfone groups is 1. The Morgan fingerprint density at radius 2 is 1.76 bits per heavy atom. The highest BCUT2D eigenvalue weighted by atomic mass is 35.5. The second-order valence-electron chi connectivity index (χ2n) is 2.80. The molecular formula is C8H2Cl2F3NO2S. The van der Waals surface area contributed by atoms with Gasteiger partial charge in [-0.1, -0.05) is 23.2 Å². The van der Waals surface area contributed by atoms with Gasteiger partial charge in [0.1, 0.15) is 6.07 Å². The molecule has 9 heteroatoms. The molecule has 0 fully saturated rings. The van der Waals surface area contributed by atoms with E-state index in [0.717, 1.165) is 6.07 Å². The molecule has 0 bridgehead atoms. The molecule has 1 rings (SSSR count). The molecule has 17 heavy (non-hydrogen) atoms. The lowest BCUT2D eigenvalue weighted by atomic mass is 10.2. The number of nitrogens with zero attached hydrogens (tertiary/aromatic N) is 1. The average Bonchev–Trinajstić information content (AvgIpc) is 2.16. The molecule has 0 saturated carbocycles. The maximum absolute atomic E-state index is 12.3. The van der Waals surface area contributed by atoms with E-state index in [4.69, 9.17) is 28.5 Å². The summed E-state index contributed by atoms with van der Waals surface area (Å²) in [7, 11) is -5.60. The highest BCUT2D eigenvalue weighted by Gasteiger charge is 2.48. The third kappa shape index (κ3) is 2.34. The Balaban J connectivity index is 3.63. The summed E-state index contributed by atoms with van der Waals surface area (Å²) < 4.78 is 59.0.